The first-order chi connectivity index (χ1) is 13.7. The maximum absolute atomic E-state index is 5.07. The molecule has 0 bridgehead atoms. The summed E-state index contributed by atoms with van der Waals surface area (Å²) in [5.41, 5.74) is 9.69. The molecule has 0 unspecified atom stereocenters. The van der Waals surface area contributed by atoms with Crippen molar-refractivity contribution < 1.29 is 0 Å². The molecule has 28 heavy (non-hydrogen) atoms. The van der Waals surface area contributed by atoms with Gasteiger partial charge in [-0.05, 0) is 48.2 Å². The highest BCUT2D eigenvalue weighted by Crippen LogP contribution is 2.38. The number of aromatic nitrogens is 2. The standard InChI is InChI=1S/C25H23N3/c1-28(2)20-15-13-19(14-16-20)25-26-23-21-9-5-3-7-17(21)11-12-18-8-4-6-10-22(18)24(23)27-25/h3-10,13-16H,11-12H2,1-2H3,(H,26,27). The Balaban J connectivity index is 1.71. The molecule has 0 fully saturated rings. The van der Waals surface area contributed by atoms with Crippen LogP contribution in [0.4, 0.5) is 5.69 Å². The van der Waals surface area contributed by atoms with Gasteiger partial charge in [-0.15, -0.1) is 0 Å². The summed E-state index contributed by atoms with van der Waals surface area (Å²) >= 11 is 0. The summed E-state index contributed by atoms with van der Waals surface area (Å²) < 4.78 is 0. The number of benzene rings is 3. The van der Waals surface area contributed by atoms with E-state index in [0.29, 0.717) is 0 Å². The van der Waals surface area contributed by atoms with Crippen molar-refractivity contribution in [1.82, 2.24) is 9.97 Å². The number of fused-ring (bicyclic) bond motifs is 5. The number of aromatic amines is 1. The number of hydrogen-bond acceptors (Lipinski definition) is 2. The maximum Gasteiger partial charge on any atom is 0.138 e. The first-order valence-corrected chi connectivity index (χ1v) is 9.75. The van der Waals surface area contributed by atoms with Gasteiger partial charge >= 0.3 is 0 Å². The molecule has 1 aromatic heterocycles. The van der Waals surface area contributed by atoms with E-state index in [-0.39, 0.29) is 0 Å². The van der Waals surface area contributed by atoms with Gasteiger partial charge < -0.3 is 9.88 Å². The summed E-state index contributed by atoms with van der Waals surface area (Å²) in [6.07, 6.45) is 2.07. The molecule has 0 spiro atoms. The predicted octanol–water partition coefficient (Wildman–Crippen LogP) is 5.58. The summed E-state index contributed by atoms with van der Waals surface area (Å²) in [4.78, 5) is 10.8. The third kappa shape index (κ3) is 2.80. The largest absolute Gasteiger partial charge is 0.378 e. The van der Waals surface area contributed by atoms with E-state index >= 15 is 0 Å². The first kappa shape index (κ1) is 16.8. The second-order valence-electron chi connectivity index (χ2n) is 7.56. The molecule has 1 N–H and O–H groups in total. The van der Waals surface area contributed by atoms with Crippen molar-refractivity contribution in [2.75, 3.05) is 19.0 Å². The van der Waals surface area contributed by atoms with E-state index in [0.717, 1.165) is 35.6 Å². The minimum atomic E-state index is 0.918. The minimum Gasteiger partial charge on any atom is -0.378 e. The van der Waals surface area contributed by atoms with Crippen molar-refractivity contribution in [3.63, 3.8) is 0 Å². The lowest BCUT2D eigenvalue weighted by Gasteiger charge is -2.16. The molecule has 5 rings (SSSR count). The third-order valence-corrected chi connectivity index (χ3v) is 5.58. The quantitative estimate of drug-likeness (QED) is 0.503. The summed E-state index contributed by atoms with van der Waals surface area (Å²) in [6.45, 7) is 0. The average Bonchev–Trinajstić information content (AvgIpc) is 3.16. The number of aryl methyl sites for hydroxylation is 2. The number of nitrogens with zero attached hydrogens (tertiary/aromatic N) is 2. The van der Waals surface area contributed by atoms with Gasteiger partial charge in [-0.3, -0.25) is 0 Å². The minimum absolute atomic E-state index is 0.918. The second-order valence-corrected chi connectivity index (χ2v) is 7.56. The fourth-order valence-electron chi connectivity index (χ4n) is 4.04. The van der Waals surface area contributed by atoms with Crippen LogP contribution in [0, 0.1) is 0 Å². The molecule has 0 saturated carbocycles. The predicted molar refractivity (Wildman–Crippen MR) is 117 cm³/mol. The SMILES string of the molecule is CN(C)c1ccc(-c2nc3c([nH]2)-c2ccccc2CCc2ccccc2-3)cc1. The van der Waals surface area contributed by atoms with Crippen molar-refractivity contribution in [2.45, 2.75) is 12.8 Å². The summed E-state index contributed by atoms with van der Waals surface area (Å²) in [5.74, 6) is 0.918. The number of H-pyrrole nitrogens is 1. The van der Waals surface area contributed by atoms with E-state index in [1.807, 2.05) is 0 Å². The van der Waals surface area contributed by atoms with Gasteiger partial charge in [-0.1, -0.05) is 48.5 Å². The van der Waals surface area contributed by atoms with Crippen molar-refractivity contribution in [3.05, 3.63) is 83.9 Å². The van der Waals surface area contributed by atoms with Crippen molar-refractivity contribution in [3.8, 4) is 33.9 Å². The molecule has 0 atom stereocenters. The lowest BCUT2D eigenvalue weighted by molar-refractivity contribution is 0.958. The van der Waals surface area contributed by atoms with Crippen molar-refractivity contribution in [2.24, 2.45) is 0 Å². The van der Waals surface area contributed by atoms with Crippen LogP contribution in [0.3, 0.4) is 0 Å². The van der Waals surface area contributed by atoms with Gasteiger partial charge in [0.05, 0.1) is 11.4 Å². The summed E-state index contributed by atoms with van der Waals surface area (Å²) in [7, 11) is 4.11. The van der Waals surface area contributed by atoms with E-state index in [2.05, 4.69) is 96.8 Å². The van der Waals surface area contributed by atoms with Crippen LogP contribution in [-0.4, -0.2) is 24.1 Å². The zero-order valence-corrected chi connectivity index (χ0v) is 16.2. The van der Waals surface area contributed by atoms with Crippen LogP contribution in [-0.2, 0) is 12.8 Å². The molecular formula is C25H23N3. The average molecular weight is 365 g/mol. The van der Waals surface area contributed by atoms with Crippen LogP contribution in [0.2, 0.25) is 0 Å². The lowest BCUT2D eigenvalue weighted by atomic mass is 9.89. The van der Waals surface area contributed by atoms with Crippen LogP contribution >= 0.6 is 0 Å². The number of anilines is 1. The molecule has 1 aliphatic rings. The Bertz CT molecular complexity index is 1070. The molecule has 1 aliphatic carbocycles. The Morgan fingerprint density at radius 2 is 1.36 bits per heavy atom. The third-order valence-electron chi connectivity index (χ3n) is 5.58. The van der Waals surface area contributed by atoms with Crippen LogP contribution < -0.4 is 4.90 Å². The molecule has 138 valence electrons. The number of hydrogen-bond donors (Lipinski definition) is 1. The van der Waals surface area contributed by atoms with Gasteiger partial charge in [0.15, 0.2) is 0 Å². The molecular weight excluding hydrogens is 342 g/mol. The molecule has 1 heterocycles. The molecule has 0 aliphatic heterocycles. The fraction of sp³-hybridized carbons (Fsp3) is 0.160. The van der Waals surface area contributed by atoms with Crippen LogP contribution in [0.15, 0.2) is 72.8 Å². The normalized spacial score (nSPS) is 12.4. The zero-order chi connectivity index (χ0) is 19.1. The monoisotopic (exact) mass is 365 g/mol. The Hall–Kier alpha value is -3.33. The first-order valence-electron chi connectivity index (χ1n) is 9.75. The lowest BCUT2D eigenvalue weighted by Crippen LogP contribution is -2.07. The topological polar surface area (TPSA) is 31.9 Å². The van der Waals surface area contributed by atoms with E-state index in [1.54, 1.807) is 0 Å². The fourth-order valence-corrected chi connectivity index (χ4v) is 4.04. The molecule has 0 radical (unpaired) electrons. The van der Waals surface area contributed by atoms with E-state index in [4.69, 9.17) is 4.98 Å². The molecule has 0 saturated heterocycles. The van der Waals surface area contributed by atoms with Gasteiger partial charge in [-0.25, -0.2) is 4.98 Å². The molecule has 4 aromatic rings. The van der Waals surface area contributed by atoms with E-state index in [9.17, 15) is 0 Å². The summed E-state index contributed by atoms with van der Waals surface area (Å²) in [5, 5.41) is 0. The molecule has 3 aromatic carbocycles. The Morgan fingerprint density at radius 1 is 0.750 bits per heavy atom. The van der Waals surface area contributed by atoms with Crippen LogP contribution in [0.25, 0.3) is 33.9 Å². The molecule has 3 heteroatoms. The smallest absolute Gasteiger partial charge is 0.138 e. The number of nitrogens with one attached hydrogen (secondary N) is 1. The highest BCUT2D eigenvalue weighted by molar-refractivity contribution is 5.84. The zero-order valence-electron chi connectivity index (χ0n) is 16.2. The van der Waals surface area contributed by atoms with Gasteiger partial charge in [-0.2, -0.15) is 0 Å². The Morgan fingerprint density at radius 3 is 2.04 bits per heavy atom. The second kappa shape index (κ2) is 6.68. The van der Waals surface area contributed by atoms with Gasteiger partial charge in [0, 0.05) is 36.5 Å². The molecule has 3 nitrogen and oxygen atoms in total. The van der Waals surface area contributed by atoms with Crippen molar-refractivity contribution >= 4 is 5.69 Å². The highest BCUT2D eigenvalue weighted by atomic mass is 15.1. The number of imidazole rings is 1. The highest BCUT2D eigenvalue weighted by Gasteiger charge is 2.21. The Labute approximate surface area is 165 Å². The van der Waals surface area contributed by atoms with Gasteiger partial charge in [0.2, 0.25) is 0 Å². The van der Waals surface area contributed by atoms with Gasteiger partial charge in [0.1, 0.15) is 5.82 Å². The van der Waals surface area contributed by atoms with E-state index < -0.39 is 0 Å². The Kier molecular flexibility index (Phi) is 4.01. The van der Waals surface area contributed by atoms with Crippen LogP contribution in [0.1, 0.15) is 11.1 Å². The van der Waals surface area contributed by atoms with Crippen LogP contribution in [0.5, 0.6) is 0 Å². The maximum atomic E-state index is 5.07. The van der Waals surface area contributed by atoms with Crippen molar-refractivity contribution in [1.29, 1.82) is 0 Å². The van der Waals surface area contributed by atoms with Gasteiger partial charge in [0.25, 0.3) is 0 Å². The summed E-state index contributed by atoms with van der Waals surface area (Å²) in [6, 6.07) is 25.9. The molecule has 0 amide bonds. The number of rotatable bonds is 2. The van der Waals surface area contributed by atoms with E-state index in [1.165, 1.54) is 27.9 Å².